The van der Waals surface area contributed by atoms with E-state index in [1.54, 1.807) is 17.2 Å². The molecule has 2 N–H and O–H groups in total. The second kappa shape index (κ2) is 7.68. The number of pyridine rings is 1. The summed E-state index contributed by atoms with van der Waals surface area (Å²) in [5, 5.41) is 23.0. The Morgan fingerprint density at radius 1 is 1.19 bits per heavy atom. The minimum absolute atomic E-state index is 0.0502. The van der Waals surface area contributed by atoms with E-state index in [0.717, 1.165) is 6.07 Å². The van der Waals surface area contributed by atoms with Gasteiger partial charge in [0.05, 0.1) is 11.6 Å². The van der Waals surface area contributed by atoms with Crippen LogP contribution in [0.3, 0.4) is 0 Å². The highest BCUT2D eigenvalue weighted by Crippen LogP contribution is 2.38. The first-order chi connectivity index (χ1) is 14.6. The van der Waals surface area contributed by atoms with Crippen LogP contribution in [0.1, 0.15) is 25.8 Å². The van der Waals surface area contributed by atoms with E-state index in [4.69, 9.17) is 0 Å². The molecule has 4 rings (SSSR count). The van der Waals surface area contributed by atoms with Crippen molar-refractivity contribution in [3.63, 3.8) is 0 Å². The molecule has 1 fully saturated rings. The smallest absolute Gasteiger partial charge is 0.416 e. The van der Waals surface area contributed by atoms with Crippen molar-refractivity contribution in [1.82, 2.24) is 20.1 Å². The largest absolute Gasteiger partial charge is 0.507 e. The maximum absolute atomic E-state index is 12.9. The standard InChI is InChI=1S/C21H20F3N5O2/c1-11(2)29-10-13(8-18(29)31)26-20-16-9-25-6-5-14(16)19(27-28-20)15-4-3-12(7-17(15)30)21(22,23)24/h3-7,9,11,13,30H,8,10H2,1-2H3,(H,26,28). The van der Waals surface area contributed by atoms with Gasteiger partial charge in [-0.05, 0) is 38.1 Å². The molecule has 0 bridgehead atoms. The molecule has 2 aromatic heterocycles. The molecule has 3 heterocycles. The molecule has 7 nitrogen and oxygen atoms in total. The number of halogens is 3. The Hall–Kier alpha value is -3.43. The average molecular weight is 431 g/mol. The van der Waals surface area contributed by atoms with Gasteiger partial charge < -0.3 is 15.3 Å². The van der Waals surface area contributed by atoms with Gasteiger partial charge in [0.2, 0.25) is 5.91 Å². The van der Waals surface area contributed by atoms with Crippen LogP contribution in [0, 0.1) is 0 Å². The van der Waals surface area contributed by atoms with Crippen molar-refractivity contribution in [2.24, 2.45) is 0 Å². The summed E-state index contributed by atoms with van der Waals surface area (Å²) in [6.45, 7) is 4.43. The van der Waals surface area contributed by atoms with Crippen LogP contribution in [0.15, 0.2) is 36.7 Å². The number of phenolic OH excluding ortho intramolecular Hbond substituents is 1. The third-order valence-electron chi connectivity index (χ3n) is 5.28. The van der Waals surface area contributed by atoms with E-state index in [-0.39, 0.29) is 29.2 Å². The minimum Gasteiger partial charge on any atom is -0.507 e. The van der Waals surface area contributed by atoms with Crippen molar-refractivity contribution < 1.29 is 23.1 Å². The molecule has 0 radical (unpaired) electrons. The number of aromatic hydroxyl groups is 1. The Kier molecular flexibility index (Phi) is 5.16. The molecule has 1 aliphatic heterocycles. The number of fused-ring (bicyclic) bond motifs is 1. The fourth-order valence-corrected chi connectivity index (χ4v) is 3.73. The lowest BCUT2D eigenvalue weighted by atomic mass is 10.0. The quantitative estimate of drug-likeness (QED) is 0.652. The molecule has 1 aromatic carbocycles. The summed E-state index contributed by atoms with van der Waals surface area (Å²) in [6.07, 6.45) is -1.15. The Morgan fingerprint density at radius 2 is 1.97 bits per heavy atom. The summed E-state index contributed by atoms with van der Waals surface area (Å²) in [6, 6.07) is 4.32. The highest BCUT2D eigenvalue weighted by atomic mass is 19.4. The van der Waals surface area contributed by atoms with Crippen molar-refractivity contribution >= 4 is 22.5 Å². The van der Waals surface area contributed by atoms with Crippen LogP contribution in [-0.2, 0) is 11.0 Å². The molecule has 1 amide bonds. The normalized spacial score (nSPS) is 17.0. The third kappa shape index (κ3) is 3.97. The number of carbonyl (C=O) groups is 1. The third-order valence-corrected chi connectivity index (χ3v) is 5.28. The first kappa shape index (κ1) is 20.8. The second-order valence-corrected chi connectivity index (χ2v) is 7.73. The van der Waals surface area contributed by atoms with E-state index >= 15 is 0 Å². The van der Waals surface area contributed by atoms with E-state index in [9.17, 15) is 23.1 Å². The molecule has 31 heavy (non-hydrogen) atoms. The van der Waals surface area contributed by atoms with Crippen molar-refractivity contribution in [3.05, 3.63) is 42.2 Å². The zero-order chi connectivity index (χ0) is 22.3. The van der Waals surface area contributed by atoms with Gasteiger partial charge in [-0.3, -0.25) is 9.78 Å². The van der Waals surface area contributed by atoms with Gasteiger partial charge in [0.15, 0.2) is 5.82 Å². The van der Waals surface area contributed by atoms with Gasteiger partial charge in [-0.25, -0.2) is 0 Å². The van der Waals surface area contributed by atoms with Gasteiger partial charge in [0.25, 0.3) is 0 Å². The number of rotatable bonds is 4. The second-order valence-electron chi connectivity index (χ2n) is 7.73. The summed E-state index contributed by atoms with van der Waals surface area (Å²) in [5.74, 6) is -0.0762. The molecule has 1 atom stereocenters. The summed E-state index contributed by atoms with van der Waals surface area (Å²) in [5.41, 5.74) is -0.586. The van der Waals surface area contributed by atoms with Crippen LogP contribution >= 0.6 is 0 Å². The van der Waals surface area contributed by atoms with E-state index in [1.807, 2.05) is 13.8 Å². The van der Waals surface area contributed by atoms with Crippen LogP contribution in [0.2, 0.25) is 0 Å². The first-order valence-electron chi connectivity index (χ1n) is 9.72. The molecule has 1 unspecified atom stereocenters. The number of carbonyl (C=O) groups excluding carboxylic acids is 1. The number of anilines is 1. The van der Waals surface area contributed by atoms with Crippen molar-refractivity contribution in [1.29, 1.82) is 0 Å². The summed E-state index contributed by atoms with van der Waals surface area (Å²) in [4.78, 5) is 18.1. The predicted molar refractivity (Wildman–Crippen MR) is 108 cm³/mol. The van der Waals surface area contributed by atoms with Gasteiger partial charge >= 0.3 is 6.18 Å². The Bertz CT molecular complexity index is 1150. The van der Waals surface area contributed by atoms with Crippen LogP contribution in [0.5, 0.6) is 5.75 Å². The van der Waals surface area contributed by atoms with Crippen LogP contribution in [0.4, 0.5) is 19.0 Å². The van der Waals surface area contributed by atoms with Crippen molar-refractivity contribution in [2.75, 3.05) is 11.9 Å². The zero-order valence-electron chi connectivity index (χ0n) is 16.8. The van der Waals surface area contributed by atoms with Gasteiger partial charge in [-0.1, -0.05) is 0 Å². The summed E-state index contributed by atoms with van der Waals surface area (Å²) >= 11 is 0. The molecular weight excluding hydrogens is 411 g/mol. The maximum atomic E-state index is 12.9. The van der Waals surface area contributed by atoms with E-state index in [0.29, 0.717) is 35.6 Å². The number of hydrogen-bond acceptors (Lipinski definition) is 6. The van der Waals surface area contributed by atoms with E-state index in [2.05, 4.69) is 20.5 Å². The Labute approximate surface area is 175 Å². The van der Waals surface area contributed by atoms with E-state index < -0.39 is 17.5 Å². The number of nitrogens with zero attached hydrogens (tertiary/aromatic N) is 4. The molecule has 1 saturated heterocycles. The number of phenols is 1. The predicted octanol–water partition coefficient (Wildman–Crippen LogP) is 3.84. The highest BCUT2D eigenvalue weighted by Gasteiger charge is 2.33. The molecule has 162 valence electrons. The van der Waals surface area contributed by atoms with Gasteiger partial charge in [0, 0.05) is 47.7 Å². The number of nitrogens with one attached hydrogen (secondary N) is 1. The lowest BCUT2D eigenvalue weighted by molar-refractivity contribution is -0.137. The van der Waals surface area contributed by atoms with Crippen molar-refractivity contribution in [2.45, 2.75) is 38.5 Å². The molecule has 0 aliphatic carbocycles. The number of alkyl halides is 3. The number of hydrogen-bond donors (Lipinski definition) is 2. The average Bonchev–Trinajstić information content (AvgIpc) is 3.08. The topological polar surface area (TPSA) is 91.2 Å². The summed E-state index contributed by atoms with van der Waals surface area (Å²) < 4.78 is 38.8. The number of aromatic nitrogens is 3. The number of amides is 1. The Morgan fingerprint density at radius 3 is 2.61 bits per heavy atom. The lowest BCUT2D eigenvalue weighted by Crippen LogP contribution is -2.33. The zero-order valence-corrected chi connectivity index (χ0v) is 16.8. The van der Waals surface area contributed by atoms with Gasteiger partial charge in [0.1, 0.15) is 11.4 Å². The molecule has 1 aliphatic rings. The molecule has 0 spiro atoms. The molecule has 0 saturated carbocycles. The molecule has 10 heteroatoms. The number of benzene rings is 1. The molecular formula is C21H20F3N5O2. The monoisotopic (exact) mass is 431 g/mol. The minimum atomic E-state index is -4.57. The van der Waals surface area contributed by atoms with E-state index in [1.165, 1.54) is 12.3 Å². The van der Waals surface area contributed by atoms with Crippen molar-refractivity contribution in [3.8, 4) is 17.0 Å². The van der Waals surface area contributed by atoms with Gasteiger partial charge in [-0.15, -0.1) is 10.2 Å². The SMILES string of the molecule is CC(C)N1CC(Nc2nnc(-c3ccc(C(F)(F)F)cc3O)c3ccncc23)CC1=O. The first-order valence-corrected chi connectivity index (χ1v) is 9.72. The van der Waals surface area contributed by atoms with Gasteiger partial charge in [-0.2, -0.15) is 13.2 Å². The van der Waals surface area contributed by atoms with Crippen LogP contribution < -0.4 is 5.32 Å². The molecule has 3 aromatic rings. The van der Waals surface area contributed by atoms with Crippen LogP contribution in [0.25, 0.3) is 22.0 Å². The van der Waals surface area contributed by atoms with Crippen LogP contribution in [-0.4, -0.2) is 49.7 Å². The fraction of sp³-hybridized carbons (Fsp3) is 0.333. The lowest BCUT2D eigenvalue weighted by Gasteiger charge is -2.21. The number of likely N-dealkylation sites (tertiary alicyclic amines) is 1. The maximum Gasteiger partial charge on any atom is 0.416 e. The Balaban J connectivity index is 1.71. The highest BCUT2D eigenvalue weighted by molar-refractivity contribution is 6.00. The fourth-order valence-electron chi connectivity index (χ4n) is 3.73. The summed E-state index contributed by atoms with van der Waals surface area (Å²) in [7, 11) is 0.